The molecule has 2 saturated heterocycles. The van der Waals surface area contributed by atoms with Gasteiger partial charge in [-0.3, -0.25) is 9.59 Å². The lowest BCUT2D eigenvalue weighted by Crippen LogP contribution is -2.86. The zero-order chi connectivity index (χ0) is 28.8. The van der Waals surface area contributed by atoms with Crippen molar-refractivity contribution in [3.05, 3.63) is 24.2 Å². The van der Waals surface area contributed by atoms with Gasteiger partial charge < -0.3 is 28.1 Å². The molecule has 4 saturated carbocycles. The summed E-state index contributed by atoms with van der Waals surface area (Å²) in [5.74, 6) is -2.14. The van der Waals surface area contributed by atoms with Crippen molar-refractivity contribution in [2.45, 2.75) is 122 Å². The van der Waals surface area contributed by atoms with Crippen LogP contribution >= 0.6 is 0 Å². The van der Waals surface area contributed by atoms with Gasteiger partial charge in [0.05, 0.1) is 32.0 Å². The number of ether oxygens (including phenoxy) is 5. The highest BCUT2D eigenvalue weighted by Crippen LogP contribution is 2.89. The van der Waals surface area contributed by atoms with Crippen molar-refractivity contribution in [1.29, 1.82) is 0 Å². The van der Waals surface area contributed by atoms with Gasteiger partial charge in [0, 0.05) is 24.7 Å². The Labute approximate surface area is 236 Å². The average molecular weight is 557 g/mol. The molecule has 0 N–H and O–H groups in total. The van der Waals surface area contributed by atoms with Crippen molar-refractivity contribution in [3.63, 3.8) is 0 Å². The molecule has 6 fully saturated rings. The van der Waals surface area contributed by atoms with Gasteiger partial charge in [-0.05, 0) is 60.5 Å². The van der Waals surface area contributed by atoms with Crippen LogP contribution in [0.2, 0.25) is 0 Å². The predicted molar refractivity (Wildman–Crippen MR) is 143 cm³/mol. The molecule has 10 atom stereocenters. The second-order valence-corrected chi connectivity index (χ2v) is 15.2. The number of carbonyl (C=O) groups excluding carboxylic acids is 2. The normalized spacial score (nSPS) is 53.1. The minimum atomic E-state index is -1.31. The van der Waals surface area contributed by atoms with Gasteiger partial charge in [-0.1, -0.05) is 41.5 Å². The van der Waals surface area contributed by atoms with Gasteiger partial charge in [0.1, 0.15) is 22.4 Å². The van der Waals surface area contributed by atoms with Crippen LogP contribution in [0.3, 0.4) is 0 Å². The molecule has 1 aromatic heterocycles. The molecule has 1 aromatic rings. The molecule has 4 aliphatic carbocycles. The predicted octanol–water partition coefficient (Wildman–Crippen LogP) is 5.57. The van der Waals surface area contributed by atoms with Gasteiger partial charge in [-0.2, -0.15) is 0 Å². The fraction of sp³-hybridized carbons (Fsp3) is 0.812. The van der Waals surface area contributed by atoms with Crippen LogP contribution in [0.25, 0.3) is 0 Å². The Kier molecular flexibility index (Phi) is 5.08. The number of rotatable bonds is 6. The highest BCUT2D eigenvalue weighted by Gasteiger charge is 2.98. The van der Waals surface area contributed by atoms with E-state index in [0.29, 0.717) is 12.8 Å². The Bertz CT molecular complexity index is 1280. The fourth-order valence-corrected chi connectivity index (χ4v) is 11.5. The molecule has 2 spiro atoms. The SMILES string of the molecule is COC(=O)CC1C(C)(Cc2ccoc2)CCC23OC4(C)OC12CC1(OC(=O)C(C)C)CC2(C)CC1(O4)C3(C)C2C. The monoisotopic (exact) mass is 556 g/mol. The zero-order valence-corrected chi connectivity index (χ0v) is 25.2. The number of methoxy groups -OCH3 is 1. The molecule has 40 heavy (non-hydrogen) atoms. The highest BCUT2D eigenvalue weighted by atomic mass is 16.9. The van der Waals surface area contributed by atoms with Gasteiger partial charge >= 0.3 is 11.9 Å². The molecule has 8 heteroatoms. The minimum Gasteiger partial charge on any atom is -0.472 e. The first kappa shape index (κ1) is 27.0. The number of fused-ring (bicyclic) bond motifs is 2. The molecule has 220 valence electrons. The summed E-state index contributed by atoms with van der Waals surface area (Å²) < 4.78 is 38.9. The Balaban J connectivity index is 1.48. The lowest BCUT2D eigenvalue weighted by Gasteiger charge is -2.75. The van der Waals surface area contributed by atoms with Crippen molar-refractivity contribution in [1.82, 2.24) is 0 Å². The molecular weight excluding hydrogens is 512 g/mol. The maximum absolute atomic E-state index is 13.5. The van der Waals surface area contributed by atoms with Gasteiger partial charge in [-0.15, -0.1) is 0 Å². The molecular formula is C32H44O8. The first-order chi connectivity index (χ1) is 18.6. The quantitative estimate of drug-likeness (QED) is 0.420. The number of furan rings is 1. The average Bonchev–Trinajstić information content (AvgIpc) is 3.54. The lowest BCUT2D eigenvalue weighted by molar-refractivity contribution is -0.463. The Morgan fingerprint density at radius 1 is 1.02 bits per heavy atom. The summed E-state index contributed by atoms with van der Waals surface area (Å²) >= 11 is 0. The van der Waals surface area contributed by atoms with Gasteiger partial charge in [-0.25, -0.2) is 0 Å². The maximum Gasteiger partial charge on any atom is 0.309 e. The number of esters is 2. The third kappa shape index (κ3) is 2.71. The van der Waals surface area contributed by atoms with Gasteiger partial charge in [0.2, 0.25) is 0 Å². The summed E-state index contributed by atoms with van der Waals surface area (Å²) in [5.41, 5.74) is -3.15. The molecule has 4 bridgehead atoms. The standard InChI is InChI=1S/C32H44O8/c1-19(2)24(34)37-29-16-26(5)17-32(29)27(6,20(26)3)31-11-10-25(4,14-21-9-12-36-15-21)22(13-23(33)35-8)30(31,18-29)38-28(7,39-31)40-32/h9,12,15,19-20,22H,10-11,13-14,16-18H2,1-8H3. The summed E-state index contributed by atoms with van der Waals surface area (Å²) in [6, 6.07) is 1.99. The molecule has 8 nitrogen and oxygen atoms in total. The topological polar surface area (TPSA) is 93.4 Å². The van der Waals surface area contributed by atoms with Crippen molar-refractivity contribution in [2.75, 3.05) is 7.11 Å². The molecule has 0 amide bonds. The van der Waals surface area contributed by atoms with Crippen LogP contribution in [-0.4, -0.2) is 47.4 Å². The van der Waals surface area contributed by atoms with E-state index in [0.717, 1.165) is 31.2 Å². The van der Waals surface area contributed by atoms with E-state index in [1.165, 1.54) is 7.11 Å². The molecule has 10 unspecified atom stereocenters. The first-order valence-corrected chi connectivity index (χ1v) is 15.0. The van der Waals surface area contributed by atoms with E-state index in [4.69, 9.17) is 28.1 Å². The van der Waals surface area contributed by atoms with Crippen LogP contribution in [0.4, 0.5) is 0 Å². The van der Waals surface area contributed by atoms with E-state index < -0.39 is 33.8 Å². The van der Waals surface area contributed by atoms with E-state index in [-0.39, 0.29) is 46.9 Å². The Hall–Kier alpha value is -1.90. The molecule has 0 aromatic carbocycles. The van der Waals surface area contributed by atoms with Crippen LogP contribution in [0.1, 0.15) is 92.6 Å². The summed E-state index contributed by atoms with van der Waals surface area (Å²) in [4.78, 5) is 26.7. The zero-order valence-electron chi connectivity index (χ0n) is 25.2. The summed E-state index contributed by atoms with van der Waals surface area (Å²) in [7, 11) is 1.44. The van der Waals surface area contributed by atoms with E-state index in [2.05, 4.69) is 27.7 Å². The van der Waals surface area contributed by atoms with Gasteiger partial charge in [0.25, 0.3) is 5.97 Å². The van der Waals surface area contributed by atoms with Crippen LogP contribution in [-0.2, 0) is 39.7 Å². The maximum atomic E-state index is 13.5. The van der Waals surface area contributed by atoms with E-state index in [9.17, 15) is 9.59 Å². The fourth-order valence-electron chi connectivity index (χ4n) is 11.5. The summed E-state index contributed by atoms with van der Waals surface area (Å²) in [5, 5.41) is 0. The number of hydrogen-bond donors (Lipinski definition) is 0. The first-order valence-electron chi connectivity index (χ1n) is 15.0. The third-order valence-corrected chi connectivity index (χ3v) is 13.0. The number of carbonyl (C=O) groups is 2. The smallest absolute Gasteiger partial charge is 0.309 e. The summed E-state index contributed by atoms with van der Waals surface area (Å²) in [6.07, 6.45) is 7.92. The Morgan fingerprint density at radius 3 is 2.40 bits per heavy atom. The lowest BCUT2D eigenvalue weighted by atomic mass is 9.35. The van der Waals surface area contributed by atoms with Crippen molar-refractivity contribution >= 4 is 11.9 Å². The van der Waals surface area contributed by atoms with Crippen molar-refractivity contribution < 1.29 is 37.7 Å². The van der Waals surface area contributed by atoms with E-state index >= 15 is 0 Å². The largest absolute Gasteiger partial charge is 0.472 e. The van der Waals surface area contributed by atoms with Crippen LogP contribution < -0.4 is 0 Å². The van der Waals surface area contributed by atoms with Crippen LogP contribution in [0.5, 0.6) is 0 Å². The summed E-state index contributed by atoms with van der Waals surface area (Å²) in [6.45, 7) is 14.8. The van der Waals surface area contributed by atoms with Gasteiger partial charge in [0.15, 0.2) is 0 Å². The highest BCUT2D eigenvalue weighted by molar-refractivity contribution is 5.73. The molecule has 2 aliphatic heterocycles. The second kappa shape index (κ2) is 7.54. The number of hydrogen-bond acceptors (Lipinski definition) is 8. The van der Waals surface area contributed by atoms with Crippen LogP contribution in [0.15, 0.2) is 23.0 Å². The van der Waals surface area contributed by atoms with Crippen molar-refractivity contribution in [3.8, 4) is 0 Å². The van der Waals surface area contributed by atoms with E-state index in [1.54, 1.807) is 12.5 Å². The molecule has 6 aliphatic rings. The van der Waals surface area contributed by atoms with Crippen molar-refractivity contribution in [2.24, 2.45) is 34.0 Å². The molecule has 3 heterocycles. The molecule has 7 rings (SSSR count). The van der Waals surface area contributed by atoms with Crippen LogP contribution in [0, 0.1) is 34.0 Å². The molecule has 0 radical (unpaired) electrons. The Morgan fingerprint density at radius 2 is 1.75 bits per heavy atom. The second-order valence-electron chi connectivity index (χ2n) is 15.2. The van der Waals surface area contributed by atoms with E-state index in [1.807, 2.05) is 26.8 Å². The minimum absolute atomic E-state index is 0.0908. The third-order valence-electron chi connectivity index (χ3n) is 13.0.